The van der Waals surface area contributed by atoms with E-state index in [2.05, 4.69) is 4.90 Å². The lowest BCUT2D eigenvalue weighted by Gasteiger charge is -2.25. The molecule has 12 heavy (non-hydrogen) atoms. The van der Waals surface area contributed by atoms with E-state index in [9.17, 15) is 0 Å². The van der Waals surface area contributed by atoms with E-state index in [1.165, 1.54) is 0 Å². The first-order chi connectivity index (χ1) is 5.93. The first-order valence-corrected chi connectivity index (χ1v) is 4.49. The van der Waals surface area contributed by atoms with Crippen LogP contribution in [-0.2, 0) is 4.74 Å². The van der Waals surface area contributed by atoms with Crippen molar-refractivity contribution in [3.05, 3.63) is 12.2 Å². The van der Waals surface area contributed by atoms with Gasteiger partial charge in [-0.25, -0.2) is 0 Å². The molecule has 0 bridgehead atoms. The molecule has 3 heteroatoms. The second-order valence-electron chi connectivity index (χ2n) is 2.90. The summed E-state index contributed by atoms with van der Waals surface area (Å²) in [6.45, 7) is 5.07. The van der Waals surface area contributed by atoms with Gasteiger partial charge in [0.25, 0.3) is 0 Å². The van der Waals surface area contributed by atoms with Crippen LogP contribution in [0.2, 0.25) is 0 Å². The van der Waals surface area contributed by atoms with Crippen molar-refractivity contribution in [3.8, 4) is 0 Å². The van der Waals surface area contributed by atoms with Crippen LogP contribution >= 0.6 is 0 Å². The van der Waals surface area contributed by atoms with Crippen LogP contribution in [0, 0.1) is 0 Å². The number of rotatable bonds is 4. The minimum absolute atomic E-state index is 0.156. The Morgan fingerprint density at radius 2 is 2.00 bits per heavy atom. The van der Waals surface area contributed by atoms with Crippen molar-refractivity contribution in [1.82, 2.24) is 4.90 Å². The van der Waals surface area contributed by atoms with Crippen LogP contribution in [0.3, 0.4) is 0 Å². The summed E-state index contributed by atoms with van der Waals surface area (Å²) in [6, 6.07) is 0. The van der Waals surface area contributed by atoms with Gasteiger partial charge in [-0.2, -0.15) is 0 Å². The molecule has 0 aromatic heterocycles. The molecular weight excluding hydrogens is 154 g/mol. The fourth-order valence-corrected chi connectivity index (χ4v) is 1.27. The van der Waals surface area contributed by atoms with Gasteiger partial charge in [-0.05, 0) is 6.42 Å². The first kappa shape index (κ1) is 9.71. The Morgan fingerprint density at radius 1 is 1.25 bits per heavy atom. The predicted octanol–water partition coefficient (Wildman–Crippen LogP) is 0.257. The zero-order valence-corrected chi connectivity index (χ0v) is 7.41. The van der Waals surface area contributed by atoms with Gasteiger partial charge in [0.05, 0.1) is 19.8 Å². The van der Waals surface area contributed by atoms with Crippen LogP contribution in [0.5, 0.6) is 0 Å². The highest BCUT2D eigenvalue weighted by Crippen LogP contribution is 1.98. The van der Waals surface area contributed by atoms with Crippen LogP contribution in [0.25, 0.3) is 0 Å². The lowest BCUT2D eigenvalue weighted by atomic mass is 10.3. The quantitative estimate of drug-likeness (QED) is 0.616. The van der Waals surface area contributed by atoms with Gasteiger partial charge >= 0.3 is 0 Å². The third kappa shape index (κ3) is 3.85. The molecule has 3 nitrogen and oxygen atoms in total. The van der Waals surface area contributed by atoms with E-state index in [4.69, 9.17) is 9.84 Å². The average Bonchev–Trinajstić information content (AvgIpc) is 2.14. The molecule has 0 aromatic rings. The van der Waals surface area contributed by atoms with Crippen LogP contribution in [0.15, 0.2) is 12.2 Å². The molecule has 0 aliphatic carbocycles. The number of morpholine rings is 1. The minimum Gasteiger partial charge on any atom is -0.392 e. The number of nitrogens with zero attached hydrogens (tertiary/aromatic N) is 1. The number of ether oxygens (including phenoxy) is 1. The summed E-state index contributed by atoms with van der Waals surface area (Å²) in [5.74, 6) is 0. The molecule has 1 rings (SSSR count). The van der Waals surface area contributed by atoms with E-state index in [0.29, 0.717) is 0 Å². The Hall–Kier alpha value is -0.380. The smallest absolute Gasteiger partial charge is 0.0612 e. The number of aliphatic hydroxyl groups is 1. The zero-order chi connectivity index (χ0) is 8.65. The molecule has 1 heterocycles. The molecule has 1 aliphatic heterocycles. The van der Waals surface area contributed by atoms with Crippen molar-refractivity contribution in [2.24, 2.45) is 0 Å². The molecule has 0 unspecified atom stereocenters. The van der Waals surface area contributed by atoms with Crippen molar-refractivity contribution in [2.45, 2.75) is 6.42 Å². The Balaban J connectivity index is 2.01. The predicted molar refractivity (Wildman–Crippen MR) is 48.1 cm³/mol. The van der Waals surface area contributed by atoms with Gasteiger partial charge in [-0.1, -0.05) is 12.2 Å². The molecule has 1 fully saturated rings. The summed E-state index contributed by atoms with van der Waals surface area (Å²) in [5.41, 5.74) is 0. The van der Waals surface area contributed by atoms with Crippen LogP contribution in [0.4, 0.5) is 0 Å². The first-order valence-electron chi connectivity index (χ1n) is 4.49. The Bertz CT molecular complexity index is 130. The molecular formula is C9H17NO2. The van der Waals surface area contributed by atoms with E-state index >= 15 is 0 Å². The molecule has 0 spiro atoms. The summed E-state index contributed by atoms with van der Waals surface area (Å²) in [6.07, 6.45) is 4.84. The maximum absolute atomic E-state index is 8.48. The van der Waals surface area contributed by atoms with Crippen molar-refractivity contribution in [3.63, 3.8) is 0 Å². The van der Waals surface area contributed by atoms with E-state index in [1.54, 1.807) is 6.08 Å². The van der Waals surface area contributed by atoms with Gasteiger partial charge in [0.15, 0.2) is 0 Å². The monoisotopic (exact) mass is 171 g/mol. The van der Waals surface area contributed by atoms with Gasteiger partial charge < -0.3 is 9.84 Å². The molecule has 70 valence electrons. The van der Waals surface area contributed by atoms with Crippen molar-refractivity contribution in [2.75, 3.05) is 39.5 Å². The van der Waals surface area contributed by atoms with Crippen LogP contribution in [-0.4, -0.2) is 49.5 Å². The molecule has 1 N–H and O–H groups in total. The second-order valence-corrected chi connectivity index (χ2v) is 2.90. The number of hydrogen-bond donors (Lipinski definition) is 1. The van der Waals surface area contributed by atoms with Crippen LogP contribution < -0.4 is 0 Å². The van der Waals surface area contributed by atoms with Gasteiger partial charge in [0.2, 0.25) is 0 Å². The summed E-state index contributed by atoms with van der Waals surface area (Å²) >= 11 is 0. The fourth-order valence-electron chi connectivity index (χ4n) is 1.27. The highest BCUT2D eigenvalue weighted by Gasteiger charge is 2.07. The maximum atomic E-state index is 8.48. The Labute approximate surface area is 73.6 Å². The minimum atomic E-state index is 0.156. The van der Waals surface area contributed by atoms with Crippen molar-refractivity contribution < 1.29 is 9.84 Å². The van der Waals surface area contributed by atoms with Crippen molar-refractivity contribution in [1.29, 1.82) is 0 Å². The molecule has 0 saturated carbocycles. The third-order valence-corrected chi connectivity index (χ3v) is 1.99. The molecule has 0 aromatic carbocycles. The summed E-state index contributed by atoms with van der Waals surface area (Å²) < 4.78 is 5.23. The lowest BCUT2D eigenvalue weighted by Crippen LogP contribution is -2.36. The van der Waals surface area contributed by atoms with E-state index in [-0.39, 0.29) is 6.61 Å². The van der Waals surface area contributed by atoms with Crippen molar-refractivity contribution >= 4 is 0 Å². The topological polar surface area (TPSA) is 32.7 Å². The molecule has 0 radical (unpaired) electrons. The Morgan fingerprint density at radius 3 is 2.67 bits per heavy atom. The Kier molecular flexibility index (Phi) is 4.99. The standard InChI is InChI=1S/C9H17NO2/c11-7-3-1-2-4-10-5-8-12-9-6-10/h1,3,11H,2,4-9H2/b3-1+. The molecule has 1 saturated heterocycles. The summed E-state index contributed by atoms with van der Waals surface area (Å²) in [5, 5.41) is 8.48. The molecule has 0 amide bonds. The SMILES string of the molecule is OC/C=C/CCN1CCOCC1. The second kappa shape index (κ2) is 6.17. The lowest BCUT2D eigenvalue weighted by molar-refractivity contribution is 0.0387. The number of aliphatic hydroxyl groups excluding tert-OH is 1. The van der Waals surface area contributed by atoms with Gasteiger partial charge in [-0.3, -0.25) is 4.90 Å². The van der Waals surface area contributed by atoms with Gasteiger partial charge in [0.1, 0.15) is 0 Å². The largest absolute Gasteiger partial charge is 0.392 e. The van der Waals surface area contributed by atoms with Gasteiger partial charge in [0, 0.05) is 19.6 Å². The maximum Gasteiger partial charge on any atom is 0.0612 e. The van der Waals surface area contributed by atoms with Crippen LogP contribution in [0.1, 0.15) is 6.42 Å². The molecule has 1 aliphatic rings. The zero-order valence-electron chi connectivity index (χ0n) is 7.41. The highest BCUT2D eigenvalue weighted by molar-refractivity contribution is 4.82. The summed E-state index contributed by atoms with van der Waals surface area (Å²) in [4.78, 5) is 2.38. The number of hydrogen-bond acceptors (Lipinski definition) is 3. The van der Waals surface area contributed by atoms with E-state index in [1.807, 2.05) is 6.08 Å². The summed E-state index contributed by atoms with van der Waals surface area (Å²) in [7, 11) is 0. The average molecular weight is 171 g/mol. The van der Waals surface area contributed by atoms with E-state index in [0.717, 1.165) is 39.3 Å². The highest BCUT2D eigenvalue weighted by atomic mass is 16.5. The van der Waals surface area contributed by atoms with Gasteiger partial charge in [-0.15, -0.1) is 0 Å². The third-order valence-electron chi connectivity index (χ3n) is 1.99. The normalized spacial score (nSPS) is 20.4. The van der Waals surface area contributed by atoms with E-state index < -0.39 is 0 Å². The molecule has 0 atom stereocenters. The fraction of sp³-hybridized carbons (Fsp3) is 0.778.